The molecular formula is C23H25N5OS. The number of carbonyl (C=O) groups is 1. The standard InChI is InChI=1S/C23H25N5OS/c29-20(25-21(17-8-9-17)18-10-11-18)15-30-23-27-26-22(19-7-4-12-24-13-19)28(23)14-16-5-2-1-3-6-16/h1-7,12-13,17-18,21H,8-11,14-15H2,(H,25,29). The number of nitrogens with one attached hydrogen (secondary N) is 1. The summed E-state index contributed by atoms with van der Waals surface area (Å²) in [5, 5.41) is 12.9. The molecule has 2 aliphatic rings. The highest BCUT2D eigenvalue weighted by molar-refractivity contribution is 7.99. The molecule has 1 aromatic carbocycles. The van der Waals surface area contributed by atoms with E-state index in [0.29, 0.717) is 30.2 Å². The molecule has 154 valence electrons. The zero-order chi connectivity index (χ0) is 20.3. The van der Waals surface area contributed by atoms with Gasteiger partial charge in [0.25, 0.3) is 0 Å². The van der Waals surface area contributed by atoms with Gasteiger partial charge < -0.3 is 5.32 Å². The number of nitrogens with zero attached hydrogens (tertiary/aromatic N) is 4. The van der Waals surface area contributed by atoms with E-state index >= 15 is 0 Å². The molecule has 2 heterocycles. The van der Waals surface area contributed by atoms with Crippen LogP contribution in [-0.4, -0.2) is 37.5 Å². The van der Waals surface area contributed by atoms with Crippen molar-refractivity contribution in [3.63, 3.8) is 0 Å². The molecule has 0 radical (unpaired) electrons. The first kappa shape index (κ1) is 19.3. The van der Waals surface area contributed by atoms with E-state index in [1.54, 1.807) is 12.4 Å². The summed E-state index contributed by atoms with van der Waals surface area (Å²) in [5.74, 6) is 2.62. The van der Waals surface area contributed by atoms with Crippen LogP contribution in [-0.2, 0) is 11.3 Å². The van der Waals surface area contributed by atoms with Crippen molar-refractivity contribution in [2.45, 2.75) is 43.4 Å². The predicted molar refractivity (Wildman–Crippen MR) is 117 cm³/mol. The van der Waals surface area contributed by atoms with E-state index in [1.807, 2.05) is 30.3 Å². The van der Waals surface area contributed by atoms with Crippen LogP contribution in [0, 0.1) is 11.8 Å². The molecule has 0 saturated heterocycles. The van der Waals surface area contributed by atoms with Crippen molar-refractivity contribution in [3.8, 4) is 11.4 Å². The van der Waals surface area contributed by atoms with Gasteiger partial charge in [0.15, 0.2) is 11.0 Å². The number of rotatable bonds is 9. The zero-order valence-corrected chi connectivity index (χ0v) is 17.6. The third-order valence-corrected chi connectivity index (χ3v) is 6.71. The third kappa shape index (κ3) is 4.56. The fourth-order valence-corrected chi connectivity index (χ4v) is 4.65. The van der Waals surface area contributed by atoms with Crippen LogP contribution >= 0.6 is 11.8 Å². The van der Waals surface area contributed by atoms with Crippen LogP contribution in [0.5, 0.6) is 0 Å². The maximum Gasteiger partial charge on any atom is 0.230 e. The quantitative estimate of drug-likeness (QED) is 0.534. The lowest BCUT2D eigenvalue weighted by molar-refractivity contribution is -0.119. The highest BCUT2D eigenvalue weighted by Gasteiger charge is 2.42. The van der Waals surface area contributed by atoms with E-state index in [-0.39, 0.29) is 5.91 Å². The molecule has 2 aliphatic carbocycles. The van der Waals surface area contributed by atoms with E-state index in [2.05, 4.69) is 37.2 Å². The maximum atomic E-state index is 12.6. The second-order valence-electron chi connectivity index (χ2n) is 8.18. The average molecular weight is 420 g/mol. The molecule has 5 rings (SSSR count). The van der Waals surface area contributed by atoms with Crippen LogP contribution in [0.15, 0.2) is 60.0 Å². The number of pyridine rings is 1. The van der Waals surface area contributed by atoms with E-state index in [0.717, 1.165) is 22.1 Å². The van der Waals surface area contributed by atoms with Gasteiger partial charge in [-0.25, -0.2) is 0 Å². The van der Waals surface area contributed by atoms with Crippen molar-refractivity contribution in [2.24, 2.45) is 11.8 Å². The van der Waals surface area contributed by atoms with Gasteiger partial charge in [-0.3, -0.25) is 14.3 Å². The molecule has 7 heteroatoms. The molecule has 0 spiro atoms. The molecule has 0 atom stereocenters. The molecule has 0 aliphatic heterocycles. The fourth-order valence-electron chi connectivity index (χ4n) is 3.90. The van der Waals surface area contributed by atoms with E-state index in [4.69, 9.17) is 0 Å². The first-order chi connectivity index (χ1) is 14.8. The molecule has 3 aromatic rings. The molecule has 0 unspecified atom stereocenters. The number of aromatic nitrogens is 4. The Morgan fingerprint density at radius 2 is 1.83 bits per heavy atom. The van der Waals surface area contributed by atoms with Gasteiger partial charge in [-0.15, -0.1) is 10.2 Å². The molecular weight excluding hydrogens is 394 g/mol. The van der Waals surface area contributed by atoms with Crippen molar-refractivity contribution in [2.75, 3.05) is 5.75 Å². The van der Waals surface area contributed by atoms with Gasteiger partial charge in [-0.1, -0.05) is 42.1 Å². The fraction of sp³-hybridized carbons (Fsp3) is 0.391. The van der Waals surface area contributed by atoms with Crippen molar-refractivity contribution in [3.05, 3.63) is 60.4 Å². The molecule has 2 fully saturated rings. The lowest BCUT2D eigenvalue weighted by Gasteiger charge is -2.17. The molecule has 2 aromatic heterocycles. The minimum absolute atomic E-state index is 0.0981. The van der Waals surface area contributed by atoms with Gasteiger partial charge in [-0.05, 0) is 55.2 Å². The van der Waals surface area contributed by atoms with E-state index in [1.165, 1.54) is 37.4 Å². The smallest absolute Gasteiger partial charge is 0.230 e. The van der Waals surface area contributed by atoms with Crippen molar-refractivity contribution >= 4 is 17.7 Å². The van der Waals surface area contributed by atoms with Crippen LogP contribution in [0.2, 0.25) is 0 Å². The Balaban J connectivity index is 1.32. The molecule has 6 nitrogen and oxygen atoms in total. The Hall–Kier alpha value is -2.67. The van der Waals surface area contributed by atoms with Crippen LogP contribution in [0.3, 0.4) is 0 Å². The molecule has 1 amide bonds. The van der Waals surface area contributed by atoms with Gasteiger partial charge in [0, 0.05) is 24.0 Å². The number of carbonyl (C=O) groups excluding carboxylic acids is 1. The molecule has 30 heavy (non-hydrogen) atoms. The monoisotopic (exact) mass is 419 g/mol. The third-order valence-electron chi connectivity index (χ3n) is 5.74. The second kappa shape index (κ2) is 8.60. The number of hydrogen-bond donors (Lipinski definition) is 1. The van der Waals surface area contributed by atoms with Gasteiger partial charge in [0.2, 0.25) is 5.91 Å². The van der Waals surface area contributed by atoms with Crippen molar-refractivity contribution in [1.82, 2.24) is 25.1 Å². The summed E-state index contributed by atoms with van der Waals surface area (Å²) < 4.78 is 2.07. The van der Waals surface area contributed by atoms with Crippen molar-refractivity contribution in [1.29, 1.82) is 0 Å². The molecule has 2 saturated carbocycles. The Morgan fingerprint density at radius 1 is 1.07 bits per heavy atom. The van der Waals surface area contributed by atoms with E-state index in [9.17, 15) is 4.79 Å². The Bertz CT molecular complexity index is 987. The van der Waals surface area contributed by atoms with Crippen LogP contribution in [0.1, 0.15) is 31.2 Å². The van der Waals surface area contributed by atoms with Crippen LogP contribution in [0.4, 0.5) is 0 Å². The summed E-state index contributed by atoms with van der Waals surface area (Å²) in [6.45, 7) is 0.648. The largest absolute Gasteiger partial charge is 0.352 e. The van der Waals surface area contributed by atoms with E-state index < -0.39 is 0 Å². The summed E-state index contributed by atoms with van der Waals surface area (Å²) in [7, 11) is 0. The SMILES string of the molecule is O=C(CSc1nnc(-c2cccnc2)n1Cc1ccccc1)NC(C1CC1)C1CC1. The Labute approximate surface area is 180 Å². The van der Waals surface area contributed by atoms with Gasteiger partial charge in [0.1, 0.15) is 0 Å². The maximum absolute atomic E-state index is 12.6. The first-order valence-electron chi connectivity index (χ1n) is 10.6. The van der Waals surface area contributed by atoms with Gasteiger partial charge in [0.05, 0.1) is 12.3 Å². The number of thioether (sulfide) groups is 1. The summed E-state index contributed by atoms with van der Waals surface area (Å²) >= 11 is 1.45. The van der Waals surface area contributed by atoms with Crippen molar-refractivity contribution < 1.29 is 4.79 Å². The van der Waals surface area contributed by atoms with Crippen LogP contribution < -0.4 is 5.32 Å². The normalized spacial score (nSPS) is 16.0. The molecule has 0 bridgehead atoms. The van der Waals surface area contributed by atoms with Gasteiger partial charge in [-0.2, -0.15) is 0 Å². The summed E-state index contributed by atoms with van der Waals surface area (Å²) in [5.41, 5.74) is 2.08. The predicted octanol–water partition coefficient (Wildman–Crippen LogP) is 3.79. The first-order valence-corrected chi connectivity index (χ1v) is 11.6. The zero-order valence-electron chi connectivity index (χ0n) is 16.8. The Morgan fingerprint density at radius 3 is 2.50 bits per heavy atom. The Kier molecular flexibility index (Phi) is 5.53. The van der Waals surface area contributed by atoms with Crippen LogP contribution in [0.25, 0.3) is 11.4 Å². The summed E-state index contributed by atoms with van der Waals surface area (Å²) in [4.78, 5) is 16.9. The number of benzene rings is 1. The lowest BCUT2D eigenvalue weighted by Crippen LogP contribution is -2.39. The van der Waals surface area contributed by atoms with Gasteiger partial charge >= 0.3 is 0 Å². The average Bonchev–Trinajstić information content (AvgIpc) is 3.71. The highest BCUT2D eigenvalue weighted by Crippen LogP contribution is 2.44. The molecule has 1 N–H and O–H groups in total. The minimum atomic E-state index is 0.0981. The second-order valence-corrected chi connectivity index (χ2v) is 9.12. The highest BCUT2D eigenvalue weighted by atomic mass is 32.2. The summed E-state index contributed by atoms with van der Waals surface area (Å²) in [6.07, 6.45) is 8.58. The topological polar surface area (TPSA) is 72.7 Å². The summed E-state index contributed by atoms with van der Waals surface area (Å²) in [6, 6.07) is 14.5. The number of hydrogen-bond acceptors (Lipinski definition) is 5. The lowest BCUT2D eigenvalue weighted by atomic mass is 10.1. The number of amides is 1. The minimum Gasteiger partial charge on any atom is -0.352 e.